The molecule has 0 radical (unpaired) electrons. The molecule has 94 valence electrons. The van der Waals surface area contributed by atoms with Gasteiger partial charge in [0.15, 0.2) is 0 Å². The fraction of sp³-hybridized carbons (Fsp3) is 0.786. The van der Waals surface area contributed by atoms with Gasteiger partial charge in [-0.25, -0.2) is 0 Å². The Balaban J connectivity index is 1.91. The fourth-order valence-corrected chi connectivity index (χ4v) is 3.60. The van der Waals surface area contributed by atoms with E-state index in [0.717, 1.165) is 13.0 Å². The molecule has 17 heavy (non-hydrogen) atoms. The lowest BCUT2D eigenvalue weighted by Gasteiger charge is -2.40. The number of rotatable bonds is 1. The van der Waals surface area contributed by atoms with Crippen LogP contribution in [0.2, 0.25) is 0 Å². The largest absolute Gasteiger partial charge is 0.459 e. The van der Waals surface area contributed by atoms with Crippen LogP contribution in [0.5, 0.6) is 0 Å². The summed E-state index contributed by atoms with van der Waals surface area (Å²) in [5.41, 5.74) is 1.42. The molecule has 0 bridgehead atoms. The number of hydrogen-bond acceptors (Lipinski definition) is 3. The Labute approximate surface area is 103 Å². The van der Waals surface area contributed by atoms with E-state index < -0.39 is 0 Å². The van der Waals surface area contributed by atoms with Crippen molar-refractivity contribution in [2.75, 3.05) is 6.54 Å². The van der Waals surface area contributed by atoms with Gasteiger partial charge in [-0.05, 0) is 31.0 Å². The number of hydrogen-bond donors (Lipinski definition) is 0. The van der Waals surface area contributed by atoms with Gasteiger partial charge in [0.2, 0.25) is 0 Å². The molecule has 3 aliphatic rings. The second-order valence-electron chi connectivity index (χ2n) is 5.48. The van der Waals surface area contributed by atoms with Crippen molar-refractivity contribution in [2.24, 2.45) is 5.92 Å². The van der Waals surface area contributed by atoms with Crippen molar-refractivity contribution in [3.05, 3.63) is 11.8 Å². The second kappa shape index (κ2) is 4.35. The Morgan fingerprint density at radius 3 is 3.12 bits per heavy atom. The molecule has 0 aromatic rings. The summed E-state index contributed by atoms with van der Waals surface area (Å²) in [5.74, 6) is 0.372. The number of esters is 1. The molecular formula is C14H21NO2. The summed E-state index contributed by atoms with van der Waals surface area (Å²) in [6.07, 6.45) is 9.16. The Hall–Kier alpha value is -0.990. The number of nitrogens with zero attached hydrogens (tertiary/aromatic N) is 1. The van der Waals surface area contributed by atoms with Crippen LogP contribution in [0.15, 0.2) is 11.8 Å². The molecule has 0 amide bonds. The average molecular weight is 235 g/mol. The van der Waals surface area contributed by atoms with Crippen LogP contribution in [0.1, 0.15) is 45.4 Å². The first-order valence-corrected chi connectivity index (χ1v) is 6.95. The van der Waals surface area contributed by atoms with Crippen molar-refractivity contribution in [1.82, 2.24) is 4.90 Å². The molecule has 0 aliphatic carbocycles. The topological polar surface area (TPSA) is 29.5 Å². The molecule has 3 atom stereocenters. The van der Waals surface area contributed by atoms with E-state index in [9.17, 15) is 4.79 Å². The number of carbonyl (C=O) groups excluding carboxylic acids is 1. The van der Waals surface area contributed by atoms with E-state index in [4.69, 9.17) is 4.74 Å². The number of carbonyl (C=O) groups is 1. The molecule has 3 heteroatoms. The van der Waals surface area contributed by atoms with Gasteiger partial charge in [-0.3, -0.25) is 4.79 Å². The van der Waals surface area contributed by atoms with Gasteiger partial charge in [0.25, 0.3) is 0 Å². The summed E-state index contributed by atoms with van der Waals surface area (Å²) < 4.78 is 5.60. The third kappa shape index (κ3) is 1.85. The SMILES string of the molecule is CCC1=CN2CCCCC[C@@H]2[C@@H]2OC(=O)C[C@H]12. The minimum Gasteiger partial charge on any atom is -0.459 e. The summed E-state index contributed by atoms with van der Waals surface area (Å²) in [7, 11) is 0. The van der Waals surface area contributed by atoms with Gasteiger partial charge in [0, 0.05) is 12.5 Å². The molecule has 3 heterocycles. The molecule has 2 fully saturated rings. The zero-order valence-electron chi connectivity index (χ0n) is 10.5. The fourth-order valence-electron chi connectivity index (χ4n) is 3.60. The molecule has 0 aromatic heterocycles. The maximum atomic E-state index is 11.6. The van der Waals surface area contributed by atoms with Gasteiger partial charge in [0.1, 0.15) is 6.10 Å². The maximum Gasteiger partial charge on any atom is 0.306 e. The molecule has 0 spiro atoms. The normalized spacial score (nSPS) is 36.8. The Kier molecular flexibility index (Phi) is 2.85. The molecule has 0 aromatic carbocycles. The quantitative estimate of drug-likeness (QED) is 0.654. The number of ether oxygens (including phenoxy) is 1. The minimum atomic E-state index is 0.00504. The smallest absolute Gasteiger partial charge is 0.306 e. The standard InChI is InChI=1S/C14H21NO2/c1-2-10-9-15-7-5-3-4-6-12(15)14-11(10)8-13(16)17-14/h9,11-12,14H,2-8H2,1H3/t11-,12-,14-/m1/s1. The average Bonchev–Trinajstić information content (AvgIpc) is 2.58. The van der Waals surface area contributed by atoms with Crippen molar-refractivity contribution < 1.29 is 9.53 Å². The second-order valence-corrected chi connectivity index (χ2v) is 5.48. The Morgan fingerprint density at radius 2 is 2.29 bits per heavy atom. The summed E-state index contributed by atoms with van der Waals surface area (Å²) in [6, 6.07) is 0.448. The van der Waals surface area contributed by atoms with Crippen LogP contribution >= 0.6 is 0 Å². The van der Waals surface area contributed by atoms with Crippen LogP contribution in [-0.2, 0) is 9.53 Å². The lowest BCUT2D eigenvalue weighted by Crippen LogP contribution is -2.47. The first kappa shape index (κ1) is 11.1. The molecule has 2 saturated heterocycles. The van der Waals surface area contributed by atoms with Gasteiger partial charge < -0.3 is 9.64 Å². The van der Waals surface area contributed by atoms with E-state index in [1.807, 2.05) is 0 Å². The summed E-state index contributed by atoms with van der Waals surface area (Å²) in [4.78, 5) is 14.0. The molecular weight excluding hydrogens is 214 g/mol. The third-order valence-corrected chi connectivity index (χ3v) is 4.49. The van der Waals surface area contributed by atoms with Crippen LogP contribution in [0.3, 0.4) is 0 Å². The zero-order valence-corrected chi connectivity index (χ0v) is 10.5. The minimum absolute atomic E-state index is 0.00504. The molecule has 0 unspecified atom stereocenters. The third-order valence-electron chi connectivity index (χ3n) is 4.49. The van der Waals surface area contributed by atoms with E-state index in [1.54, 1.807) is 0 Å². The van der Waals surface area contributed by atoms with Crippen molar-refractivity contribution in [2.45, 2.75) is 57.6 Å². The van der Waals surface area contributed by atoms with Crippen LogP contribution in [-0.4, -0.2) is 29.6 Å². The van der Waals surface area contributed by atoms with Crippen molar-refractivity contribution in [3.8, 4) is 0 Å². The van der Waals surface area contributed by atoms with E-state index >= 15 is 0 Å². The lowest BCUT2D eigenvalue weighted by molar-refractivity contribution is -0.143. The van der Waals surface area contributed by atoms with Crippen LogP contribution < -0.4 is 0 Å². The van der Waals surface area contributed by atoms with Gasteiger partial charge in [-0.15, -0.1) is 0 Å². The highest BCUT2D eigenvalue weighted by atomic mass is 16.6. The zero-order chi connectivity index (χ0) is 11.8. The van der Waals surface area contributed by atoms with Crippen LogP contribution in [0.4, 0.5) is 0 Å². The Bertz CT molecular complexity index is 350. The van der Waals surface area contributed by atoms with Gasteiger partial charge in [-0.2, -0.15) is 0 Å². The molecule has 3 rings (SSSR count). The van der Waals surface area contributed by atoms with Crippen LogP contribution in [0, 0.1) is 5.92 Å². The summed E-state index contributed by atoms with van der Waals surface area (Å²) >= 11 is 0. The highest BCUT2D eigenvalue weighted by Gasteiger charge is 2.46. The highest BCUT2D eigenvalue weighted by Crippen LogP contribution is 2.40. The van der Waals surface area contributed by atoms with E-state index in [2.05, 4.69) is 18.0 Å². The van der Waals surface area contributed by atoms with Gasteiger partial charge >= 0.3 is 5.97 Å². The van der Waals surface area contributed by atoms with Crippen molar-refractivity contribution in [1.29, 1.82) is 0 Å². The first-order chi connectivity index (χ1) is 8.29. The monoisotopic (exact) mass is 235 g/mol. The van der Waals surface area contributed by atoms with Crippen molar-refractivity contribution in [3.63, 3.8) is 0 Å². The van der Waals surface area contributed by atoms with Crippen molar-refractivity contribution >= 4 is 5.97 Å². The highest BCUT2D eigenvalue weighted by molar-refractivity contribution is 5.73. The van der Waals surface area contributed by atoms with Gasteiger partial charge in [0.05, 0.1) is 12.5 Å². The summed E-state index contributed by atoms with van der Waals surface area (Å²) in [6.45, 7) is 3.32. The van der Waals surface area contributed by atoms with E-state index in [1.165, 1.54) is 31.3 Å². The molecule has 0 N–H and O–H groups in total. The predicted molar refractivity (Wildman–Crippen MR) is 65.3 cm³/mol. The summed E-state index contributed by atoms with van der Waals surface area (Å²) in [5, 5.41) is 0. The van der Waals surface area contributed by atoms with E-state index in [-0.39, 0.29) is 12.1 Å². The predicted octanol–water partition coefficient (Wildman–Crippen LogP) is 2.47. The molecule has 3 aliphatic heterocycles. The number of fused-ring (bicyclic) bond motifs is 3. The molecule has 3 nitrogen and oxygen atoms in total. The maximum absolute atomic E-state index is 11.6. The van der Waals surface area contributed by atoms with Crippen LogP contribution in [0.25, 0.3) is 0 Å². The molecule has 0 saturated carbocycles. The first-order valence-electron chi connectivity index (χ1n) is 6.95. The Morgan fingerprint density at radius 1 is 1.41 bits per heavy atom. The van der Waals surface area contributed by atoms with Gasteiger partial charge in [-0.1, -0.05) is 19.8 Å². The lowest BCUT2D eigenvalue weighted by atomic mass is 9.83. The van der Waals surface area contributed by atoms with E-state index in [0.29, 0.717) is 18.4 Å².